The molecule has 1 aromatic rings. The lowest BCUT2D eigenvalue weighted by atomic mass is 9.95. The van der Waals surface area contributed by atoms with Crippen LogP contribution in [0.4, 0.5) is 5.69 Å². The lowest BCUT2D eigenvalue weighted by Gasteiger charge is -2.18. The van der Waals surface area contributed by atoms with Gasteiger partial charge in [0, 0.05) is 14.5 Å². The maximum absolute atomic E-state index is 11.9. The molecule has 0 radical (unpaired) electrons. The minimum absolute atomic E-state index is 0.00198. The van der Waals surface area contributed by atoms with Crippen LogP contribution in [0, 0.1) is 20.8 Å². The summed E-state index contributed by atoms with van der Waals surface area (Å²) < 4.78 is 1.11. The number of benzene rings is 1. The molecule has 0 atom stereocenters. The average Bonchev–Trinajstić information content (AvgIpc) is 2.21. The Morgan fingerprint density at radius 3 is 2.53 bits per heavy atom. The molecule has 0 fully saturated rings. The standard InChI is InChI=1S/C14H16INO/c1-5-6-10-9-11(15)7-8-12(10)16-13(17)14(2,3)4/h7-9H,1-4H3,(H,16,17). The zero-order valence-corrected chi connectivity index (χ0v) is 12.7. The monoisotopic (exact) mass is 341 g/mol. The van der Waals surface area contributed by atoms with Crippen molar-refractivity contribution < 1.29 is 4.79 Å². The van der Waals surface area contributed by atoms with Crippen molar-refractivity contribution >= 4 is 34.2 Å². The maximum Gasteiger partial charge on any atom is 0.229 e. The number of rotatable bonds is 1. The Morgan fingerprint density at radius 2 is 2.00 bits per heavy atom. The lowest BCUT2D eigenvalue weighted by molar-refractivity contribution is -0.123. The third-order valence-corrected chi connectivity index (χ3v) is 2.84. The van der Waals surface area contributed by atoms with Crippen molar-refractivity contribution in [2.45, 2.75) is 27.7 Å². The third-order valence-electron chi connectivity index (χ3n) is 2.17. The van der Waals surface area contributed by atoms with Gasteiger partial charge in [0.2, 0.25) is 5.91 Å². The summed E-state index contributed by atoms with van der Waals surface area (Å²) in [6, 6.07) is 5.82. The average molecular weight is 341 g/mol. The highest BCUT2D eigenvalue weighted by molar-refractivity contribution is 14.1. The van der Waals surface area contributed by atoms with E-state index in [1.165, 1.54) is 0 Å². The van der Waals surface area contributed by atoms with Gasteiger partial charge in [0.25, 0.3) is 0 Å². The Hall–Kier alpha value is -1.02. The van der Waals surface area contributed by atoms with Crippen LogP contribution in [-0.2, 0) is 4.79 Å². The van der Waals surface area contributed by atoms with Crippen LogP contribution in [-0.4, -0.2) is 5.91 Å². The molecule has 90 valence electrons. The van der Waals surface area contributed by atoms with Gasteiger partial charge in [-0.1, -0.05) is 26.7 Å². The predicted molar refractivity (Wildman–Crippen MR) is 79.8 cm³/mol. The van der Waals surface area contributed by atoms with Crippen molar-refractivity contribution in [1.29, 1.82) is 0 Å². The summed E-state index contributed by atoms with van der Waals surface area (Å²) in [4.78, 5) is 11.9. The fourth-order valence-electron chi connectivity index (χ4n) is 1.17. The molecule has 1 rings (SSSR count). The summed E-state index contributed by atoms with van der Waals surface area (Å²) >= 11 is 2.23. The number of carbonyl (C=O) groups excluding carboxylic acids is 1. The minimum Gasteiger partial charge on any atom is -0.325 e. The summed E-state index contributed by atoms with van der Waals surface area (Å²) in [5, 5.41) is 2.92. The molecule has 0 aliphatic rings. The largest absolute Gasteiger partial charge is 0.325 e. The second-order valence-electron chi connectivity index (χ2n) is 4.77. The highest BCUT2D eigenvalue weighted by Crippen LogP contribution is 2.21. The molecule has 0 aliphatic carbocycles. The van der Waals surface area contributed by atoms with Gasteiger partial charge >= 0.3 is 0 Å². The minimum atomic E-state index is -0.403. The summed E-state index contributed by atoms with van der Waals surface area (Å²) in [5.74, 6) is 5.86. The molecule has 0 heterocycles. The molecule has 3 heteroatoms. The molecule has 1 aromatic carbocycles. The Balaban J connectivity index is 3.05. The first-order chi connectivity index (χ1) is 7.84. The van der Waals surface area contributed by atoms with E-state index in [2.05, 4.69) is 39.7 Å². The van der Waals surface area contributed by atoms with Crippen LogP contribution in [0.3, 0.4) is 0 Å². The Morgan fingerprint density at radius 1 is 1.35 bits per heavy atom. The van der Waals surface area contributed by atoms with Gasteiger partial charge in [-0.2, -0.15) is 0 Å². The summed E-state index contributed by atoms with van der Waals surface area (Å²) in [5.41, 5.74) is 1.23. The zero-order valence-electron chi connectivity index (χ0n) is 10.5. The predicted octanol–water partition coefficient (Wildman–Crippen LogP) is 3.65. The second-order valence-corrected chi connectivity index (χ2v) is 6.01. The van der Waals surface area contributed by atoms with E-state index in [9.17, 15) is 4.79 Å². The molecular formula is C14H16INO. The fourth-order valence-corrected chi connectivity index (χ4v) is 1.66. The number of hydrogen-bond acceptors (Lipinski definition) is 1. The fraction of sp³-hybridized carbons (Fsp3) is 0.357. The zero-order chi connectivity index (χ0) is 13.1. The lowest BCUT2D eigenvalue weighted by Crippen LogP contribution is -2.27. The quantitative estimate of drug-likeness (QED) is 0.613. The number of nitrogens with one attached hydrogen (secondary N) is 1. The van der Waals surface area contributed by atoms with Gasteiger partial charge in [0.05, 0.1) is 5.69 Å². The SMILES string of the molecule is CC#Cc1cc(I)ccc1NC(=O)C(C)(C)C. The van der Waals surface area contributed by atoms with Crippen molar-refractivity contribution in [1.82, 2.24) is 0 Å². The summed E-state index contributed by atoms with van der Waals surface area (Å²) in [6.07, 6.45) is 0. The van der Waals surface area contributed by atoms with Crippen molar-refractivity contribution in [2.75, 3.05) is 5.32 Å². The van der Waals surface area contributed by atoms with E-state index in [1.807, 2.05) is 39.0 Å². The van der Waals surface area contributed by atoms with Gasteiger partial charge < -0.3 is 5.32 Å². The summed E-state index contributed by atoms with van der Waals surface area (Å²) in [7, 11) is 0. The van der Waals surface area contributed by atoms with Gasteiger partial charge in [-0.3, -0.25) is 4.79 Å². The van der Waals surface area contributed by atoms with Crippen molar-refractivity contribution in [2.24, 2.45) is 5.41 Å². The van der Waals surface area contributed by atoms with Crippen LogP contribution < -0.4 is 5.32 Å². The summed E-state index contributed by atoms with van der Waals surface area (Å²) in [6.45, 7) is 7.45. The Bertz CT molecular complexity index is 489. The van der Waals surface area contributed by atoms with Crippen molar-refractivity contribution in [3.63, 3.8) is 0 Å². The molecule has 1 N–H and O–H groups in total. The van der Waals surface area contributed by atoms with Crippen molar-refractivity contribution in [3.05, 3.63) is 27.3 Å². The first kappa shape index (κ1) is 14.0. The molecule has 0 spiro atoms. The number of amides is 1. The molecule has 0 aliphatic heterocycles. The van der Waals surface area contributed by atoms with E-state index in [1.54, 1.807) is 6.92 Å². The second kappa shape index (κ2) is 5.54. The molecule has 0 bridgehead atoms. The van der Waals surface area contributed by atoms with E-state index < -0.39 is 5.41 Å². The first-order valence-corrected chi connectivity index (χ1v) is 6.46. The number of anilines is 1. The Kier molecular flexibility index (Phi) is 4.58. The highest BCUT2D eigenvalue weighted by atomic mass is 127. The van der Waals surface area contributed by atoms with E-state index in [4.69, 9.17) is 0 Å². The molecule has 0 unspecified atom stereocenters. The van der Waals surface area contributed by atoms with Gasteiger partial charge in [0.1, 0.15) is 0 Å². The third kappa shape index (κ3) is 4.04. The van der Waals surface area contributed by atoms with E-state index in [-0.39, 0.29) is 5.91 Å². The van der Waals surface area contributed by atoms with Gasteiger partial charge in [-0.25, -0.2) is 0 Å². The van der Waals surface area contributed by atoms with Gasteiger partial charge in [-0.05, 0) is 47.7 Å². The molecule has 0 saturated carbocycles. The number of carbonyl (C=O) groups is 1. The Labute approximate surface area is 116 Å². The molecular weight excluding hydrogens is 325 g/mol. The normalized spacial score (nSPS) is 10.4. The van der Waals surface area contributed by atoms with Crippen LogP contribution in [0.2, 0.25) is 0 Å². The van der Waals surface area contributed by atoms with Gasteiger partial charge in [0.15, 0.2) is 0 Å². The molecule has 2 nitrogen and oxygen atoms in total. The molecule has 17 heavy (non-hydrogen) atoms. The van der Waals surface area contributed by atoms with E-state index in [0.717, 1.165) is 14.8 Å². The van der Waals surface area contributed by atoms with Crippen molar-refractivity contribution in [3.8, 4) is 11.8 Å². The van der Waals surface area contributed by atoms with Crippen LogP contribution in [0.15, 0.2) is 18.2 Å². The van der Waals surface area contributed by atoms with Crippen LogP contribution >= 0.6 is 22.6 Å². The highest BCUT2D eigenvalue weighted by Gasteiger charge is 2.21. The van der Waals surface area contributed by atoms with Gasteiger partial charge in [-0.15, -0.1) is 5.92 Å². The topological polar surface area (TPSA) is 29.1 Å². The number of hydrogen-bond donors (Lipinski definition) is 1. The number of halogens is 1. The molecule has 0 aromatic heterocycles. The van der Waals surface area contributed by atoms with E-state index in [0.29, 0.717) is 0 Å². The molecule has 1 amide bonds. The first-order valence-electron chi connectivity index (χ1n) is 5.38. The van der Waals surface area contributed by atoms with E-state index >= 15 is 0 Å². The smallest absolute Gasteiger partial charge is 0.229 e. The maximum atomic E-state index is 11.9. The van der Waals surface area contributed by atoms with Crippen LogP contribution in [0.5, 0.6) is 0 Å². The molecule has 0 saturated heterocycles. The van der Waals surface area contributed by atoms with Crippen LogP contribution in [0.1, 0.15) is 33.3 Å². The van der Waals surface area contributed by atoms with Crippen LogP contribution in [0.25, 0.3) is 0 Å².